The molecular formula is C30H43N3O10. The van der Waals surface area contributed by atoms with E-state index in [4.69, 9.17) is 9.47 Å². The zero-order valence-electron chi connectivity index (χ0n) is 25.3. The molecule has 0 radical (unpaired) electrons. The molecule has 13 nitrogen and oxygen atoms in total. The van der Waals surface area contributed by atoms with E-state index in [1.807, 2.05) is 18.9 Å². The molecule has 1 fully saturated rings. The van der Waals surface area contributed by atoms with E-state index >= 15 is 0 Å². The van der Waals surface area contributed by atoms with E-state index in [9.17, 15) is 39.6 Å². The van der Waals surface area contributed by atoms with Crippen LogP contribution in [0.15, 0.2) is 24.0 Å². The Bertz CT molecular complexity index is 1260. The molecule has 3 rings (SSSR count). The van der Waals surface area contributed by atoms with Gasteiger partial charge in [0.2, 0.25) is 11.8 Å². The van der Waals surface area contributed by atoms with Crippen molar-refractivity contribution in [3.05, 3.63) is 35.1 Å². The summed E-state index contributed by atoms with van der Waals surface area (Å²) in [5.41, 5.74) is -1.38. The Hall–Kier alpha value is -3.68. The second-order valence-electron chi connectivity index (χ2n) is 11.4. The molecule has 1 aliphatic heterocycles. The van der Waals surface area contributed by atoms with Crippen LogP contribution < -0.4 is 10.6 Å². The molecule has 5 atom stereocenters. The van der Waals surface area contributed by atoms with Crippen LogP contribution >= 0.6 is 0 Å². The van der Waals surface area contributed by atoms with Crippen molar-refractivity contribution in [3.63, 3.8) is 0 Å². The van der Waals surface area contributed by atoms with Crippen LogP contribution in [0.25, 0.3) is 0 Å². The van der Waals surface area contributed by atoms with Gasteiger partial charge in [-0.1, -0.05) is 6.07 Å². The Labute approximate surface area is 250 Å². The number of ether oxygens (including phenoxy) is 2. The number of carbonyl (C=O) groups excluding carboxylic acids is 4. The summed E-state index contributed by atoms with van der Waals surface area (Å²) in [6.45, 7) is 6.74. The number of fused-ring (bicyclic) bond motifs is 1. The van der Waals surface area contributed by atoms with E-state index in [2.05, 4.69) is 10.6 Å². The van der Waals surface area contributed by atoms with Crippen molar-refractivity contribution >= 4 is 23.8 Å². The summed E-state index contributed by atoms with van der Waals surface area (Å²) in [6, 6.07) is 2.65. The number of carbonyl (C=O) groups is 4. The monoisotopic (exact) mass is 605 g/mol. The summed E-state index contributed by atoms with van der Waals surface area (Å²) in [5.74, 6) is -2.87. The average molecular weight is 606 g/mol. The summed E-state index contributed by atoms with van der Waals surface area (Å²) in [5, 5.41) is 45.5. The normalized spacial score (nSPS) is 25.0. The lowest BCUT2D eigenvalue weighted by molar-refractivity contribution is -0.193. The SMILES string of the molecule is Cc1ccc(O)c(O)c1[C@]12CCN(C)[C@H](C)[C@]1(OC(=O)CCNC(=O)[C@H](C)O)CC=C(OC(=O)CCNC(=O)[C@H](C)O)C2. The minimum atomic E-state index is -1.28. The Morgan fingerprint density at radius 1 is 1.02 bits per heavy atom. The number of nitrogens with zero attached hydrogens (tertiary/aromatic N) is 1. The number of benzene rings is 1. The summed E-state index contributed by atoms with van der Waals surface area (Å²) < 4.78 is 12.0. The molecule has 43 heavy (non-hydrogen) atoms. The predicted molar refractivity (Wildman–Crippen MR) is 154 cm³/mol. The fourth-order valence-corrected chi connectivity index (χ4v) is 6.10. The number of likely N-dealkylation sites (N-methyl/N-ethyl adjacent to an activating group) is 1. The van der Waals surface area contributed by atoms with Gasteiger partial charge in [-0.25, -0.2) is 0 Å². The fraction of sp³-hybridized carbons (Fsp3) is 0.600. The fourth-order valence-electron chi connectivity index (χ4n) is 6.10. The van der Waals surface area contributed by atoms with E-state index < -0.39 is 47.0 Å². The Morgan fingerprint density at radius 3 is 2.19 bits per heavy atom. The quantitative estimate of drug-likeness (QED) is 0.153. The smallest absolute Gasteiger partial charge is 0.312 e. The van der Waals surface area contributed by atoms with E-state index in [1.165, 1.54) is 19.9 Å². The van der Waals surface area contributed by atoms with Gasteiger partial charge in [0.25, 0.3) is 0 Å². The number of allylic oxidation sites excluding steroid dienone is 1. The van der Waals surface area contributed by atoms with Crippen molar-refractivity contribution in [1.82, 2.24) is 15.5 Å². The van der Waals surface area contributed by atoms with Gasteiger partial charge >= 0.3 is 11.9 Å². The summed E-state index contributed by atoms with van der Waals surface area (Å²) in [7, 11) is 1.89. The lowest BCUT2D eigenvalue weighted by Gasteiger charge is -2.60. The van der Waals surface area contributed by atoms with Crippen LogP contribution in [0.3, 0.4) is 0 Å². The van der Waals surface area contributed by atoms with E-state index in [0.717, 1.165) is 0 Å². The Balaban J connectivity index is 1.99. The highest BCUT2D eigenvalue weighted by molar-refractivity contribution is 5.81. The third-order valence-electron chi connectivity index (χ3n) is 8.55. The van der Waals surface area contributed by atoms with Crippen molar-refractivity contribution in [1.29, 1.82) is 0 Å². The van der Waals surface area contributed by atoms with Crippen molar-refractivity contribution in [2.75, 3.05) is 26.7 Å². The van der Waals surface area contributed by atoms with Crippen molar-refractivity contribution < 1.29 is 49.1 Å². The van der Waals surface area contributed by atoms with Gasteiger partial charge in [0, 0.05) is 43.0 Å². The van der Waals surface area contributed by atoms with E-state index in [0.29, 0.717) is 29.9 Å². The molecule has 1 saturated heterocycles. The van der Waals surface area contributed by atoms with Crippen LogP contribution in [0, 0.1) is 6.92 Å². The first-order chi connectivity index (χ1) is 20.1. The van der Waals surface area contributed by atoms with Gasteiger partial charge in [0.15, 0.2) is 11.5 Å². The molecule has 0 saturated carbocycles. The van der Waals surface area contributed by atoms with Crippen LogP contribution in [-0.2, 0) is 34.1 Å². The minimum Gasteiger partial charge on any atom is -0.504 e. The van der Waals surface area contributed by atoms with Crippen molar-refractivity contribution in [2.45, 2.75) is 89.1 Å². The Morgan fingerprint density at radius 2 is 1.60 bits per heavy atom. The van der Waals surface area contributed by atoms with Crippen molar-refractivity contribution in [2.24, 2.45) is 0 Å². The van der Waals surface area contributed by atoms with Crippen LogP contribution in [0.4, 0.5) is 0 Å². The number of likely N-dealkylation sites (tertiary alicyclic amines) is 1. The number of phenolic OH excluding ortho intramolecular Hbond substituents is 2. The number of rotatable bonds is 11. The van der Waals surface area contributed by atoms with Gasteiger partial charge in [-0.3, -0.25) is 24.1 Å². The highest BCUT2D eigenvalue weighted by atomic mass is 16.6. The van der Waals surface area contributed by atoms with Crippen LogP contribution in [0.5, 0.6) is 11.5 Å². The topological polar surface area (TPSA) is 195 Å². The molecule has 1 heterocycles. The third kappa shape index (κ3) is 7.11. The van der Waals surface area contributed by atoms with E-state index in [1.54, 1.807) is 19.1 Å². The van der Waals surface area contributed by atoms with Gasteiger partial charge in [-0.15, -0.1) is 0 Å². The summed E-state index contributed by atoms with van der Waals surface area (Å²) in [6.07, 6.45) is -0.564. The zero-order chi connectivity index (χ0) is 32.1. The maximum atomic E-state index is 13.3. The standard InChI is InChI=1S/C30H43N3O10/c1-17-6-7-22(36)26(39)25(17)29-12-15-33(5)20(4)30(29,43-24(38)10-14-32-28(41)19(3)35)11-8-21(16-29)42-23(37)9-13-31-27(40)18(2)34/h6-8,18-20,34-36,39H,9-16H2,1-5H3,(H,31,40)(H,32,41)/t18-,19-,20+,29+,30+/m0/s1. The third-order valence-corrected chi connectivity index (χ3v) is 8.55. The number of aryl methyl sites for hydroxylation is 1. The molecule has 2 amide bonds. The van der Waals surface area contributed by atoms with Gasteiger partial charge in [0.1, 0.15) is 23.6 Å². The molecule has 13 heteroatoms. The Kier molecular flexibility index (Phi) is 10.8. The van der Waals surface area contributed by atoms with Crippen LogP contribution in [0.1, 0.15) is 64.0 Å². The number of aromatic hydroxyl groups is 2. The molecule has 0 unspecified atom stereocenters. The largest absolute Gasteiger partial charge is 0.504 e. The number of hydrogen-bond donors (Lipinski definition) is 6. The van der Waals surface area contributed by atoms with Gasteiger partial charge in [-0.05, 0) is 65.4 Å². The highest BCUT2D eigenvalue weighted by Gasteiger charge is 2.64. The molecule has 6 N–H and O–H groups in total. The number of aliphatic hydroxyl groups is 2. The molecule has 1 aromatic rings. The molecule has 1 aliphatic carbocycles. The van der Waals surface area contributed by atoms with Gasteiger partial charge in [-0.2, -0.15) is 0 Å². The first-order valence-electron chi connectivity index (χ1n) is 14.4. The maximum absolute atomic E-state index is 13.3. The zero-order valence-corrected chi connectivity index (χ0v) is 25.3. The number of esters is 2. The lowest BCUT2D eigenvalue weighted by atomic mass is 9.54. The first-order valence-corrected chi connectivity index (χ1v) is 14.4. The predicted octanol–water partition coefficient (Wildman–Crippen LogP) is 0.645. The number of amides is 2. The lowest BCUT2D eigenvalue weighted by Crippen LogP contribution is -2.69. The molecule has 0 aromatic heterocycles. The first kappa shape index (κ1) is 33.8. The van der Waals surface area contributed by atoms with Crippen LogP contribution in [0.2, 0.25) is 0 Å². The van der Waals surface area contributed by atoms with Crippen LogP contribution in [-0.4, -0.2) is 99.6 Å². The molecular weight excluding hydrogens is 562 g/mol. The highest BCUT2D eigenvalue weighted by Crippen LogP contribution is 2.59. The number of hydrogen-bond acceptors (Lipinski definition) is 11. The molecule has 0 spiro atoms. The summed E-state index contributed by atoms with van der Waals surface area (Å²) >= 11 is 0. The number of phenols is 2. The second-order valence-corrected chi connectivity index (χ2v) is 11.4. The number of piperidine rings is 1. The second kappa shape index (κ2) is 13.7. The minimum absolute atomic E-state index is 0.0393. The molecule has 1 aromatic carbocycles. The van der Waals surface area contributed by atoms with Gasteiger partial charge < -0.3 is 40.5 Å². The number of nitrogens with one attached hydrogen (secondary N) is 2. The van der Waals surface area contributed by atoms with Crippen molar-refractivity contribution in [3.8, 4) is 11.5 Å². The average Bonchev–Trinajstić information content (AvgIpc) is 2.94. The summed E-state index contributed by atoms with van der Waals surface area (Å²) in [4.78, 5) is 51.5. The molecule has 238 valence electrons. The maximum Gasteiger partial charge on any atom is 0.312 e. The van der Waals surface area contributed by atoms with Gasteiger partial charge in [0.05, 0.1) is 12.8 Å². The molecule has 2 aliphatic rings. The molecule has 0 bridgehead atoms. The number of aliphatic hydroxyl groups excluding tert-OH is 2. The van der Waals surface area contributed by atoms with E-state index in [-0.39, 0.29) is 56.3 Å².